The van der Waals surface area contributed by atoms with Crippen molar-refractivity contribution in [2.24, 2.45) is 0 Å². The minimum Gasteiger partial charge on any atom is -0.450 e. The molecular formula is C24H19NO3. The van der Waals surface area contributed by atoms with Gasteiger partial charge >= 0.3 is 0 Å². The van der Waals surface area contributed by atoms with Crippen molar-refractivity contribution in [3.05, 3.63) is 101 Å². The summed E-state index contributed by atoms with van der Waals surface area (Å²) < 4.78 is 5.86. The van der Waals surface area contributed by atoms with Gasteiger partial charge in [0.05, 0.1) is 12.2 Å². The molecule has 0 amide bonds. The van der Waals surface area contributed by atoms with Crippen LogP contribution in [0.1, 0.15) is 32.0 Å². The standard InChI is InChI=1S/C24H19NO3/c1-16-11-13-18(14-12-16)23(27)24-22(19-9-5-6-10-21(19)28-24)25-15-20(26)17-7-3-2-4-8-17/h2-14,25H,15H2,1H3. The number of para-hydroxylation sites is 1. The van der Waals surface area contributed by atoms with E-state index in [1.165, 1.54) is 0 Å². The Morgan fingerprint density at radius 1 is 0.821 bits per heavy atom. The van der Waals surface area contributed by atoms with Gasteiger partial charge in [-0.1, -0.05) is 72.3 Å². The summed E-state index contributed by atoms with van der Waals surface area (Å²) in [7, 11) is 0. The van der Waals surface area contributed by atoms with Crippen LogP contribution in [0.3, 0.4) is 0 Å². The molecule has 28 heavy (non-hydrogen) atoms. The van der Waals surface area contributed by atoms with Gasteiger partial charge in [-0.15, -0.1) is 0 Å². The van der Waals surface area contributed by atoms with Crippen LogP contribution < -0.4 is 5.32 Å². The molecule has 1 heterocycles. The predicted molar refractivity (Wildman–Crippen MR) is 110 cm³/mol. The summed E-state index contributed by atoms with van der Waals surface area (Å²) in [4.78, 5) is 25.5. The number of hydrogen-bond donors (Lipinski definition) is 1. The molecule has 0 aliphatic rings. The third-order valence-electron chi connectivity index (χ3n) is 4.64. The summed E-state index contributed by atoms with van der Waals surface area (Å²) in [6, 6.07) is 23.8. The van der Waals surface area contributed by atoms with E-state index in [2.05, 4.69) is 5.32 Å². The number of benzene rings is 3. The lowest BCUT2D eigenvalue weighted by molar-refractivity contribution is 0.0997. The zero-order chi connectivity index (χ0) is 19.5. The molecule has 138 valence electrons. The molecule has 4 rings (SSSR count). The van der Waals surface area contributed by atoms with Gasteiger partial charge in [0, 0.05) is 16.5 Å². The molecule has 3 aromatic carbocycles. The van der Waals surface area contributed by atoms with Gasteiger partial charge < -0.3 is 9.73 Å². The lowest BCUT2D eigenvalue weighted by Crippen LogP contribution is -2.15. The van der Waals surface area contributed by atoms with Crippen molar-refractivity contribution in [3.63, 3.8) is 0 Å². The number of Topliss-reactive ketones (excluding diaryl/α,β-unsaturated/α-hetero) is 1. The van der Waals surface area contributed by atoms with Gasteiger partial charge in [0.15, 0.2) is 11.5 Å². The molecular weight excluding hydrogens is 350 g/mol. The number of fused-ring (bicyclic) bond motifs is 1. The van der Waals surface area contributed by atoms with E-state index in [1.54, 1.807) is 24.3 Å². The Hall–Kier alpha value is -3.66. The summed E-state index contributed by atoms with van der Waals surface area (Å²) in [5.41, 5.74) is 3.39. The third-order valence-corrected chi connectivity index (χ3v) is 4.64. The third kappa shape index (κ3) is 3.45. The van der Waals surface area contributed by atoms with E-state index in [4.69, 9.17) is 4.42 Å². The van der Waals surface area contributed by atoms with E-state index in [9.17, 15) is 9.59 Å². The van der Waals surface area contributed by atoms with Crippen molar-refractivity contribution in [2.75, 3.05) is 11.9 Å². The Morgan fingerprint density at radius 2 is 1.50 bits per heavy atom. The summed E-state index contributed by atoms with van der Waals surface area (Å²) in [6.45, 7) is 2.04. The fraction of sp³-hybridized carbons (Fsp3) is 0.0833. The van der Waals surface area contributed by atoms with E-state index >= 15 is 0 Å². The molecule has 0 atom stereocenters. The van der Waals surface area contributed by atoms with Crippen molar-refractivity contribution < 1.29 is 14.0 Å². The van der Waals surface area contributed by atoms with Crippen LogP contribution in [0.15, 0.2) is 83.3 Å². The highest BCUT2D eigenvalue weighted by Gasteiger charge is 2.22. The van der Waals surface area contributed by atoms with E-state index in [1.807, 2.05) is 61.5 Å². The van der Waals surface area contributed by atoms with E-state index in [-0.39, 0.29) is 23.9 Å². The van der Waals surface area contributed by atoms with Crippen LogP contribution in [0.4, 0.5) is 5.69 Å². The first-order valence-electron chi connectivity index (χ1n) is 9.08. The first kappa shape index (κ1) is 17.7. The van der Waals surface area contributed by atoms with Gasteiger partial charge in [-0.2, -0.15) is 0 Å². The maximum Gasteiger partial charge on any atom is 0.230 e. The highest BCUT2D eigenvalue weighted by atomic mass is 16.3. The molecule has 0 saturated carbocycles. The highest BCUT2D eigenvalue weighted by Crippen LogP contribution is 2.32. The second kappa shape index (κ2) is 7.53. The minimum absolute atomic E-state index is 0.0559. The van der Waals surface area contributed by atoms with Gasteiger partial charge in [0.25, 0.3) is 0 Å². The second-order valence-electron chi connectivity index (χ2n) is 6.64. The number of carbonyl (C=O) groups excluding carboxylic acids is 2. The van der Waals surface area contributed by atoms with E-state index in [0.29, 0.717) is 22.4 Å². The number of carbonyl (C=O) groups is 2. The number of nitrogens with one attached hydrogen (secondary N) is 1. The average molecular weight is 369 g/mol. The second-order valence-corrected chi connectivity index (χ2v) is 6.64. The van der Waals surface area contributed by atoms with Gasteiger partial charge in [0.1, 0.15) is 5.58 Å². The monoisotopic (exact) mass is 369 g/mol. The molecule has 0 aliphatic heterocycles. The molecule has 0 unspecified atom stereocenters. The Balaban J connectivity index is 1.68. The number of furan rings is 1. The number of hydrogen-bond acceptors (Lipinski definition) is 4. The van der Waals surface area contributed by atoms with Crippen molar-refractivity contribution in [2.45, 2.75) is 6.92 Å². The van der Waals surface area contributed by atoms with Crippen LogP contribution in [0.5, 0.6) is 0 Å². The molecule has 1 aromatic heterocycles. The lowest BCUT2D eigenvalue weighted by atomic mass is 10.1. The number of rotatable bonds is 6. The molecule has 0 aliphatic carbocycles. The first-order chi connectivity index (χ1) is 13.6. The summed E-state index contributed by atoms with van der Waals surface area (Å²) in [5.74, 6) is -0.0589. The zero-order valence-electron chi connectivity index (χ0n) is 15.4. The maximum absolute atomic E-state index is 13.0. The number of anilines is 1. The smallest absolute Gasteiger partial charge is 0.230 e. The fourth-order valence-electron chi connectivity index (χ4n) is 3.11. The highest BCUT2D eigenvalue weighted by molar-refractivity contribution is 6.15. The van der Waals surface area contributed by atoms with Crippen LogP contribution in [0, 0.1) is 6.92 Å². The zero-order valence-corrected chi connectivity index (χ0v) is 15.4. The van der Waals surface area contributed by atoms with Crippen LogP contribution in [0.25, 0.3) is 11.0 Å². The minimum atomic E-state index is -0.217. The van der Waals surface area contributed by atoms with Gasteiger partial charge in [-0.3, -0.25) is 9.59 Å². The molecule has 0 radical (unpaired) electrons. The fourth-order valence-corrected chi connectivity index (χ4v) is 3.11. The predicted octanol–water partition coefficient (Wildman–Crippen LogP) is 5.27. The summed E-state index contributed by atoms with van der Waals surface area (Å²) >= 11 is 0. The number of aryl methyl sites for hydroxylation is 1. The Labute approximate surface area is 162 Å². The normalized spacial score (nSPS) is 10.8. The van der Waals surface area contributed by atoms with Crippen molar-refractivity contribution in [1.29, 1.82) is 0 Å². The van der Waals surface area contributed by atoms with Gasteiger partial charge in [-0.05, 0) is 19.1 Å². The molecule has 0 bridgehead atoms. The Morgan fingerprint density at radius 3 is 2.25 bits per heavy atom. The van der Waals surface area contributed by atoms with Crippen LogP contribution in [-0.2, 0) is 0 Å². The topological polar surface area (TPSA) is 59.3 Å². The molecule has 4 heteroatoms. The quantitative estimate of drug-likeness (QED) is 0.471. The molecule has 4 nitrogen and oxygen atoms in total. The largest absolute Gasteiger partial charge is 0.450 e. The molecule has 1 N–H and O–H groups in total. The molecule has 4 aromatic rings. The maximum atomic E-state index is 13.0. The molecule has 0 saturated heterocycles. The lowest BCUT2D eigenvalue weighted by Gasteiger charge is -2.07. The van der Waals surface area contributed by atoms with Crippen LogP contribution in [0.2, 0.25) is 0 Å². The molecule has 0 fully saturated rings. The Bertz CT molecular complexity index is 1140. The first-order valence-corrected chi connectivity index (χ1v) is 9.08. The number of ketones is 2. The summed E-state index contributed by atoms with van der Waals surface area (Å²) in [5, 5.41) is 3.91. The SMILES string of the molecule is Cc1ccc(C(=O)c2oc3ccccc3c2NCC(=O)c2ccccc2)cc1. The van der Waals surface area contributed by atoms with Crippen LogP contribution >= 0.6 is 0 Å². The van der Waals surface area contributed by atoms with Crippen LogP contribution in [-0.4, -0.2) is 18.1 Å². The molecule has 0 spiro atoms. The van der Waals surface area contributed by atoms with E-state index < -0.39 is 0 Å². The van der Waals surface area contributed by atoms with Crippen molar-refractivity contribution in [1.82, 2.24) is 0 Å². The van der Waals surface area contributed by atoms with Gasteiger partial charge in [-0.25, -0.2) is 0 Å². The van der Waals surface area contributed by atoms with Crippen molar-refractivity contribution in [3.8, 4) is 0 Å². The summed E-state index contributed by atoms with van der Waals surface area (Å²) in [6.07, 6.45) is 0. The van der Waals surface area contributed by atoms with Gasteiger partial charge in [0.2, 0.25) is 5.78 Å². The van der Waals surface area contributed by atoms with E-state index in [0.717, 1.165) is 10.9 Å². The van der Waals surface area contributed by atoms with Crippen molar-refractivity contribution >= 4 is 28.2 Å². The average Bonchev–Trinajstić information content (AvgIpc) is 3.11. The Kier molecular flexibility index (Phi) is 4.77.